The highest BCUT2D eigenvalue weighted by atomic mass is 32.7. The number of imidazole rings is 1. The molecule has 0 spiro atoms. The van der Waals surface area contributed by atoms with Crippen LogP contribution in [0.25, 0.3) is 11.2 Å². The predicted octanol–water partition coefficient (Wildman–Crippen LogP) is 2.73. The minimum atomic E-state index is -2.44. The average Bonchev–Trinajstić information content (AvgIpc) is 3.83. The molecule has 6 heterocycles. The quantitative estimate of drug-likeness (QED) is 0.0911. The number of anilines is 1. The Morgan fingerprint density at radius 3 is 2.40 bits per heavy atom. The van der Waals surface area contributed by atoms with Crippen molar-refractivity contribution in [3.8, 4) is 5.88 Å². The number of aliphatic hydroxyl groups excluding tert-OH is 2. The van der Waals surface area contributed by atoms with Gasteiger partial charge >= 0.3 is 14.5 Å². The van der Waals surface area contributed by atoms with Crippen LogP contribution in [0, 0.1) is 0 Å². The van der Waals surface area contributed by atoms with Crippen molar-refractivity contribution in [2.45, 2.75) is 55.0 Å². The van der Waals surface area contributed by atoms with E-state index in [1.165, 1.54) is 29.8 Å². The average molecular weight is 749 g/mol. The van der Waals surface area contributed by atoms with Gasteiger partial charge in [-0.05, 0) is 15.2 Å². The maximum absolute atomic E-state index is 15.3. The Morgan fingerprint density at radius 2 is 1.67 bits per heavy atom. The van der Waals surface area contributed by atoms with Crippen LogP contribution in [0.3, 0.4) is 0 Å². The molecule has 0 radical (unpaired) electrons. The van der Waals surface area contributed by atoms with Crippen molar-refractivity contribution in [1.82, 2.24) is 29.5 Å². The molecule has 3 unspecified atom stereocenters. The van der Waals surface area contributed by atoms with Crippen LogP contribution in [0.5, 0.6) is 5.88 Å². The summed E-state index contributed by atoms with van der Waals surface area (Å²) < 4.78 is 81.9. The van der Waals surface area contributed by atoms with Crippen LogP contribution in [0.2, 0.25) is 0 Å². The number of hydrogen-bond acceptors (Lipinski definition) is 16. The van der Waals surface area contributed by atoms with Crippen LogP contribution in [-0.4, -0.2) is 115 Å². The first kappa shape index (κ1) is 35.0. The number of halogens is 2. The van der Waals surface area contributed by atoms with E-state index < -0.39 is 82.7 Å². The maximum Gasteiger partial charge on any atom is 0.582 e. The van der Waals surface area contributed by atoms with Gasteiger partial charge in [-0.15, -0.1) is 9.05 Å². The third-order valence-corrected chi connectivity index (χ3v) is 9.14. The molecule has 0 bridgehead atoms. The third kappa shape index (κ3) is 7.07. The lowest BCUT2D eigenvalue weighted by Crippen LogP contribution is -2.33. The van der Waals surface area contributed by atoms with Gasteiger partial charge in [0.25, 0.3) is 0 Å². The Bertz CT molecular complexity index is 1730. The molecule has 2 fully saturated rings. The first-order chi connectivity index (χ1) is 23.2. The number of alkyl halides is 2. The molecular weight excluding hydrogens is 720 g/mol. The number of nitrogens with one attached hydrogen (secondary N) is 1. The highest BCUT2D eigenvalue weighted by molar-refractivity contribution is 8.39. The number of nitrogens with zero attached hydrogens (tertiary/aromatic N) is 7. The normalized spacial score (nSPS) is 30.3. The zero-order valence-electron chi connectivity index (χ0n) is 24.4. The van der Waals surface area contributed by atoms with Crippen molar-refractivity contribution in [2.75, 3.05) is 31.7 Å². The fraction of sp³-hybridized carbons (Fsp3) is 0.520. The number of hydrogen-bond donors (Lipinski definition) is 5. The van der Waals surface area contributed by atoms with Crippen molar-refractivity contribution >= 4 is 67.8 Å². The molecule has 3 aliphatic rings. The maximum atomic E-state index is 15.3. The van der Waals surface area contributed by atoms with E-state index in [-0.39, 0.29) is 24.7 Å². The first-order valence-corrected chi connectivity index (χ1v) is 18.9. The van der Waals surface area contributed by atoms with E-state index in [0.717, 1.165) is 0 Å². The number of aliphatic hydroxyl groups is 2. The third-order valence-electron chi connectivity index (χ3n) is 7.73. The largest absolute Gasteiger partial charge is 0.582 e. The van der Waals surface area contributed by atoms with E-state index >= 15 is 8.78 Å². The minimum absolute atomic E-state index is 0.0896. The van der Waals surface area contributed by atoms with Gasteiger partial charge in [0.1, 0.15) is 67.8 Å². The van der Waals surface area contributed by atoms with E-state index in [0.29, 0.717) is 22.7 Å². The predicted molar refractivity (Wildman–Crippen MR) is 171 cm³/mol. The van der Waals surface area contributed by atoms with Gasteiger partial charge in [0.05, 0.1) is 31.2 Å². The van der Waals surface area contributed by atoms with Crippen molar-refractivity contribution in [3.05, 3.63) is 36.8 Å². The summed E-state index contributed by atoms with van der Waals surface area (Å²) in [7, 11) is -4.86. The Morgan fingerprint density at radius 1 is 0.958 bits per heavy atom. The van der Waals surface area contributed by atoms with Gasteiger partial charge in [0.15, 0.2) is 47.8 Å². The first-order valence-electron chi connectivity index (χ1n) is 14.3. The summed E-state index contributed by atoms with van der Waals surface area (Å²) in [6.45, 7) is -0.724. The lowest BCUT2D eigenvalue weighted by Gasteiger charge is -2.18. The zero-order chi connectivity index (χ0) is 33.9. The second-order valence-corrected chi connectivity index (χ2v) is 13.8. The van der Waals surface area contributed by atoms with Gasteiger partial charge in [-0.1, -0.05) is 6.08 Å². The molecule has 0 aromatic carbocycles. The highest BCUT2D eigenvalue weighted by Gasteiger charge is 2.54. The fourth-order valence-corrected chi connectivity index (χ4v) is 7.19. The summed E-state index contributed by atoms with van der Waals surface area (Å²) in [6, 6.07) is 0. The van der Waals surface area contributed by atoms with Gasteiger partial charge in [-0.25, -0.2) is 28.7 Å². The van der Waals surface area contributed by atoms with Crippen LogP contribution < -0.4 is 10.1 Å². The molecule has 3 aromatic rings. The number of rotatable bonds is 14. The summed E-state index contributed by atoms with van der Waals surface area (Å²) in [4.78, 5) is 25.4. The standard InChI is InChI=1S/C25H26F2N8O9P2S2/c26-14-19(41-12(6-36)20(14)43-45(38)47)11-5-29-17-16(11)30-8-33-24(17)40-4-2-1-3-28-22-18-23(32-9-31-22)35(10-34-18)25-15(27)21(44-46(39)48)13(7-37)42-25/h1-2,5,8-15,19-21,25,36-37H,3-4,6-7H2,(H-2,28,31,32,38,39,47,48)/p+2/b2-1+/t11?,12-,13-,14+,15-,19+,20-,21-,25-/m1/s1. The Labute approximate surface area is 282 Å². The molecule has 3 aliphatic heterocycles. The van der Waals surface area contributed by atoms with Crippen molar-refractivity contribution < 1.29 is 51.4 Å². The molecule has 11 atom stereocenters. The summed E-state index contributed by atoms with van der Waals surface area (Å²) >= 11 is 7.35. The molecule has 256 valence electrons. The lowest BCUT2D eigenvalue weighted by molar-refractivity contribution is -0.0427. The summed E-state index contributed by atoms with van der Waals surface area (Å²) in [5, 5.41) is 22.3. The second kappa shape index (κ2) is 15.4. The number of aromatic nitrogens is 6. The molecule has 2 saturated heterocycles. The molecule has 0 aliphatic carbocycles. The number of ether oxygens (including phenoxy) is 3. The molecule has 3 aromatic heterocycles. The van der Waals surface area contributed by atoms with Crippen LogP contribution >= 0.6 is 39.0 Å². The lowest BCUT2D eigenvalue weighted by atomic mass is 9.95. The van der Waals surface area contributed by atoms with Gasteiger partial charge in [0, 0.05) is 12.8 Å². The SMILES string of the molecule is O=[P+](S)O[C@H]1[C@@H](F)[C@H](n2cnc3c(NC/C=C/COc4ncnc5c4N=CC5[C@@H]4O[C@H](CO)[C@@H](O[P+](=O)S)[C@H]4F)ncnc32)O[C@@H]1CO. The van der Waals surface area contributed by atoms with E-state index in [9.17, 15) is 19.3 Å². The van der Waals surface area contributed by atoms with E-state index in [4.69, 9.17) is 23.3 Å². The number of fused-ring (bicyclic) bond motifs is 2. The zero-order valence-corrected chi connectivity index (χ0v) is 28.0. The molecular formula is C25H28F2N8O9P2S2+2. The van der Waals surface area contributed by atoms with Gasteiger partial charge < -0.3 is 29.7 Å². The Balaban J connectivity index is 1.05. The smallest absolute Gasteiger partial charge is 0.472 e. The fourth-order valence-electron chi connectivity index (χ4n) is 5.61. The molecule has 48 heavy (non-hydrogen) atoms. The monoisotopic (exact) mass is 748 g/mol. The molecule has 23 heteroatoms. The molecule has 6 rings (SSSR count). The van der Waals surface area contributed by atoms with Crippen LogP contribution in [0.15, 0.2) is 36.1 Å². The summed E-state index contributed by atoms with van der Waals surface area (Å²) in [6.07, 6.45) is -1.79. The van der Waals surface area contributed by atoms with Crippen molar-refractivity contribution in [1.29, 1.82) is 0 Å². The minimum Gasteiger partial charge on any atom is -0.472 e. The summed E-state index contributed by atoms with van der Waals surface area (Å²) in [5.41, 5.74) is 1.26. The van der Waals surface area contributed by atoms with Crippen molar-refractivity contribution in [3.63, 3.8) is 0 Å². The van der Waals surface area contributed by atoms with Gasteiger partial charge in [-0.2, -0.15) is 4.98 Å². The summed E-state index contributed by atoms with van der Waals surface area (Å²) in [5.74, 6) is -0.209. The van der Waals surface area contributed by atoms with Crippen LogP contribution in [-0.2, 0) is 27.7 Å². The molecule has 0 saturated carbocycles. The topological polar surface area (TPSA) is 215 Å². The second-order valence-electron chi connectivity index (χ2n) is 10.5. The van der Waals surface area contributed by atoms with Gasteiger partial charge in [0.2, 0.25) is 5.88 Å². The molecule has 0 amide bonds. The van der Waals surface area contributed by atoms with Crippen LogP contribution in [0.4, 0.5) is 20.3 Å². The Hall–Kier alpha value is -2.84. The van der Waals surface area contributed by atoms with E-state index in [2.05, 4.69) is 59.7 Å². The van der Waals surface area contributed by atoms with E-state index in [1.807, 2.05) is 0 Å². The Kier molecular flexibility index (Phi) is 11.2. The molecule has 17 nitrogen and oxygen atoms in total. The highest BCUT2D eigenvalue weighted by Crippen LogP contribution is 2.45. The van der Waals surface area contributed by atoms with E-state index in [1.54, 1.807) is 12.2 Å². The van der Waals surface area contributed by atoms with Gasteiger partial charge in [-0.3, -0.25) is 9.56 Å². The molecule has 3 N–H and O–H groups in total. The number of aliphatic imine (C=N–C) groups is 1. The van der Waals surface area contributed by atoms with Crippen molar-refractivity contribution in [2.24, 2.45) is 4.99 Å². The van der Waals surface area contributed by atoms with Crippen LogP contribution in [0.1, 0.15) is 17.8 Å². The number of thiol groups is 2.